The first-order chi connectivity index (χ1) is 12.2. The Morgan fingerprint density at radius 3 is 3.04 bits per heavy atom. The molecule has 0 radical (unpaired) electrons. The largest absolute Gasteiger partial charge is 0.497 e. The molecule has 25 heavy (non-hydrogen) atoms. The average molecular weight is 370 g/mol. The zero-order valence-corrected chi connectivity index (χ0v) is 14.9. The first kappa shape index (κ1) is 15.9. The maximum absolute atomic E-state index is 10.6. The van der Waals surface area contributed by atoms with Crippen LogP contribution in [-0.2, 0) is 6.54 Å². The van der Waals surface area contributed by atoms with Crippen molar-refractivity contribution in [3.63, 3.8) is 0 Å². The van der Waals surface area contributed by atoms with Crippen molar-refractivity contribution in [2.24, 2.45) is 4.99 Å². The predicted octanol–water partition coefficient (Wildman–Crippen LogP) is 4.89. The van der Waals surface area contributed by atoms with Crippen LogP contribution >= 0.6 is 23.6 Å². The minimum atomic E-state index is 0.134. The van der Waals surface area contributed by atoms with Crippen LogP contribution in [0.1, 0.15) is 16.2 Å². The summed E-state index contributed by atoms with van der Waals surface area (Å²) in [6, 6.07) is 9.40. The molecule has 5 nitrogen and oxygen atoms in total. The third kappa shape index (κ3) is 2.92. The number of benzene rings is 1. The van der Waals surface area contributed by atoms with E-state index in [1.807, 2.05) is 36.4 Å². The number of nitrogens with zero attached hydrogens (tertiary/aromatic N) is 2. The lowest BCUT2D eigenvalue weighted by Gasteiger charge is -2.04. The van der Waals surface area contributed by atoms with E-state index in [1.54, 1.807) is 24.2 Å². The Morgan fingerprint density at radius 1 is 1.40 bits per heavy atom. The number of furan rings is 1. The van der Waals surface area contributed by atoms with Crippen molar-refractivity contribution >= 4 is 47.1 Å². The van der Waals surface area contributed by atoms with Crippen LogP contribution in [0.3, 0.4) is 0 Å². The number of methoxy groups -OCH3 is 1. The Hall–Kier alpha value is -2.64. The number of thiazole rings is 1. The van der Waals surface area contributed by atoms with Gasteiger partial charge < -0.3 is 14.3 Å². The highest BCUT2D eigenvalue weighted by Gasteiger charge is 2.16. The van der Waals surface area contributed by atoms with Gasteiger partial charge in [0.2, 0.25) is 5.88 Å². The fourth-order valence-electron chi connectivity index (χ4n) is 2.66. The van der Waals surface area contributed by atoms with Gasteiger partial charge in [0.15, 0.2) is 3.95 Å². The molecule has 0 unspecified atom stereocenters. The third-order valence-electron chi connectivity index (χ3n) is 3.93. The lowest BCUT2D eigenvalue weighted by Crippen LogP contribution is -1.97. The first-order valence-electron chi connectivity index (χ1n) is 7.55. The van der Waals surface area contributed by atoms with Gasteiger partial charge in [0.25, 0.3) is 0 Å². The van der Waals surface area contributed by atoms with Crippen molar-refractivity contribution in [3.8, 4) is 11.6 Å². The normalized spacial score (nSPS) is 14.2. The van der Waals surface area contributed by atoms with Crippen LogP contribution < -0.4 is 4.74 Å². The first-order valence-corrected chi connectivity index (χ1v) is 8.77. The SMILES string of the molecule is COc1ccc2c(c1)N=CC2=Cc1sc(=S)n(Cc2ccco2)c1O. The molecule has 0 aliphatic carbocycles. The highest BCUT2D eigenvalue weighted by Crippen LogP contribution is 2.37. The predicted molar refractivity (Wildman–Crippen MR) is 102 cm³/mol. The molecule has 1 aliphatic heterocycles. The van der Waals surface area contributed by atoms with E-state index in [4.69, 9.17) is 21.4 Å². The lowest BCUT2D eigenvalue weighted by molar-refractivity contribution is 0.407. The van der Waals surface area contributed by atoms with Gasteiger partial charge in [-0.05, 0) is 42.6 Å². The van der Waals surface area contributed by atoms with E-state index in [0.717, 1.165) is 28.3 Å². The number of allylic oxidation sites excluding steroid dienone is 1. The molecular weight excluding hydrogens is 356 g/mol. The van der Waals surface area contributed by atoms with Gasteiger partial charge >= 0.3 is 0 Å². The van der Waals surface area contributed by atoms with E-state index in [2.05, 4.69) is 4.99 Å². The monoisotopic (exact) mass is 370 g/mol. The summed E-state index contributed by atoms with van der Waals surface area (Å²) in [5, 5.41) is 10.6. The van der Waals surface area contributed by atoms with Crippen LogP contribution in [0.15, 0.2) is 46.0 Å². The maximum atomic E-state index is 10.6. The Labute approximate surface area is 153 Å². The van der Waals surface area contributed by atoms with Gasteiger partial charge in [0.1, 0.15) is 11.5 Å². The molecule has 1 aliphatic rings. The van der Waals surface area contributed by atoms with Gasteiger partial charge in [-0.1, -0.05) is 0 Å². The third-order valence-corrected chi connectivity index (χ3v) is 5.32. The van der Waals surface area contributed by atoms with Gasteiger partial charge in [-0.15, -0.1) is 11.3 Å². The average Bonchev–Trinajstić information content (AvgIpc) is 3.32. The summed E-state index contributed by atoms with van der Waals surface area (Å²) in [5.41, 5.74) is 2.77. The van der Waals surface area contributed by atoms with E-state index in [0.29, 0.717) is 15.4 Å². The number of ether oxygens (including phenoxy) is 1. The van der Waals surface area contributed by atoms with Gasteiger partial charge in [-0.25, -0.2) is 0 Å². The molecule has 3 heterocycles. The summed E-state index contributed by atoms with van der Waals surface area (Å²) in [6.45, 7) is 0.402. The molecule has 0 amide bonds. The minimum absolute atomic E-state index is 0.134. The number of aromatic hydroxyl groups is 1. The topological polar surface area (TPSA) is 59.9 Å². The Morgan fingerprint density at radius 2 is 2.28 bits per heavy atom. The van der Waals surface area contributed by atoms with E-state index >= 15 is 0 Å². The van der Waals surface area contributed by atoms with E-state index in [1.165, 1.54) is 11.3 Å². The van der Waals surface area contributed by atoms with Crippen LogP contribution in [0, 0.1) is 3.95 Å². The number of fused-ring (bicyclic) bond motifs is 1. The summed E-state index contributed by atoms with van der Waals surface area (Å²) >= 11 is 6.74. The molecule has 0 fully saturated rings. The number of aliphatic imine (C=N–C) groups is 1. The summed E-state index contributed by atoms with van der Waals surface area (Å²) < 4.78 is 12.8. The molecule has 0 atom stereocenters. The zero-order chi connectivity index (χ0) is 17.4. The summed E-state index contributed by atoms with van der Waals surface area (Å²) in [4.78, 5) is 5.10. The van der Waals surface area contributed by atoms with Gasteiger partial charge in [0, 0.05) is 23.4 Å². The van der Waals surface area contributed by atoms with Crippen molar-refractivity contribution in [1.29, 1.82) is 0 Å². The second-order valence-corrected chi connectivity index (χ2v) is 7.14. The number of hydrogen-bond donors (Lipinski definition) is 1. The molecule has 0 saturated carbocycles. The Balaban J connectivity index is 1.70. The standard InChI is InChI=1S/C18H14N2O3S2/c1-22-12-4-5-14-11(9-19-15(14)8-12)7-16-17(21)20(18(24)25-16)10-13-3-2-6-23-13/h2-9,21H,10H2,1H3. The summed E-state index contributed by atoms with van der Waals surface area (Å²) in [7, 11) is 1.63. The Kier molecular flexibility index (Phi) is 4.03. The quantitative estimate of drug-likeness (QED) is 0.664. The van der Waals surface area contributed by atoms with E-state index < -0.39 is 0 Å². The molecule has 2 aromatic heterocycles. The Bertz CT molecular complexity index is 1040. The van der Waals surface area contributed by atoms with E-state index in [-0.39, 0.29) is 5.88 Å². The second kappa shape index (κ2) is 6.34. The molecule has 0 saturated heterocycles. The second-order valence-electron chi connectivity index (χ2n) is 5.46. The summed E-state index contributed by atoms with van der Waals surface area (Å²) in [5.74, 6) is 1.64. The molecule has 126 valence electrons. The minimum Gasteiger partial charge on any atom is -0.497 e. The molecule has 7 heteroatoms. The van der Waals surface area contributed by atoms with Crippen LogP contribution in [0.25, 0.3) is 11.6 Å². The molecule has 4 rings (SSSR count). The molecule has 0 spiro atoms. The molecule has 1 N–H and O–H groups in total. The fraction of sp³-hybridized carbons (Fsp3) is 0.111. The molecular formula is C18H14N2O3S2. The molecule has 0 bridgehead atoms. The van der Waals surface area contributed by atoms with Crippen LogP contribution in [0.2, 0.25) is 0 Å². The summed E-state index contributed by atoms with van der Waals surface area (Å²) in [6.07, 6.45) is 5.28. The zero-order valence-electron chi connectivity index (χ0n) is 13.3. The van der Waals surface area contributed by atoms with Crippen molar-refractivity contribution in [3.05, 3.63) is 56.8 Å². The maximum Gasteiger partial charge on any atom is 0.211 e. The van der Waals surface area contributed by atoms with E-state index in [9.17, 15) is 5.11 Å². The number of hydrogen-bond acceptors (Lipinski definition) is 6. The van der Waals surface area contributed by atoms with Crippen LogP contribution in [-0.4, -0.2) is 23.0 Å². The number of rotatable bonds is 4. The van der Waals surface area contributed by atoms with Crippen molar-refractivity contribution in [2.75, 3.05) is 7.11 Å². The van der Waals surface area contributed by atoms with Gasteiger partial charge in [-0.3, -0.25) is 9.56 Å². The highest BCUT2D eigenvalue weighted by atomic mass is 32.1. The van der Waals surface area contributed by atoms with Crippen LogP contribution in [0.4, 0.5) is 5.69 Å². The van der Waals surface area contributed by atoms with Gasteiger partial charge in [0.05, 0.1) is 30.5 Å². The van der Waals surface area contributed by atoms with Crippen molar-refractivity contribution in [2.45, 2.75) is 6.54 Å². The van der Waals surface area contributed by atoms with Gasteiger partial charge in [-0.2, -0.15) is 0 Å². The van der Waals surface area contributed by atoms with Crippen LogP contribution in [0.5, 0.6) is 11.6 Å². The lowest BCUT2D eigenvalue weighted by atomic mass is 10.1. The smallest absolute Gasteiger partial charge is 0.211 e. The molecule has 1 aromatic carbocycles. The fourth-order valence-corrected chi connectivity index (χ4v) is 3.92. The highest BCUT2D eigenvalue weighted by molar-refractivity contribution is 7.73. The van der Waals surface area contributed by atoms with Crippen molar-refractivity contribution < 1.29 is 14.3 Å². The van der Waals surface area contributed by atoms with Crippen molar-refractivity contribution in [1.82, 2.24) is 4.57 Å². The number of aromatic nitrogens is 1. The molecule has 3 aromatic rings.